The second-order valence-corrected chi connectivity index (χ2v) is 28.4. The third-order valence-corrected chi connectivity index (χ3v) is 14.0. The maximum absolute atomic E-state index is 13.0. The summed E-state index contributed by atoms with van der Waals surface area (Å²) >= 11 is 0. The van der Waals surface area contributed by atoms with Crippen molar-refractivity contribution in [1.29, 1.82) is 0 Å². The molecular formula is C60H76N10O13Si. The molecule has 6 aromatic heterocycles. The molecule has 2 amide bonds. The molecule has 24 heteroatoms. The zero-order valence-electron chi connectivity index (χ0n) is 49.6. The van der Waals surface area contributed by atoms with Gasteiger partial charge in [-0.05, 0) is 84.7 Å². The second kappa shape index (κ2) is 29.3. The number of Topliss-reactive ketones (excluding diaryl/α,β-unsaturated/α-hetero) is 2. The first-order valence-electron chi connectivity index (χ1n) is 27.6. The SMILES string of the molecule is COc1nc2ccccc2cc1-c1cn(COCC[Si](C)(C)C)c([C@H](COCCCC(=O)c2ncco2)NC(=O)OC(C)(C)C)n1.COc1nc2ccccc2cc1-c1cnc([C@H](COCCCC(=O)c2ncco2)NC(=O)OC(C)(C)C)[nH]1. The highest BCUT2D eigenvalue weighted by Crippen LogP contribution is 2.34. The molecule has 8 rings (SSSR count). The van der Waals surface area contributed by atoms with E-state index in [1.807, 2.05) is 71.4 Å². The first-order chi connectivity index (χ1) is 40.1. The number of hydrogen-bond acceptors (Lipinski definition) is 19. The first kappa shape index (κ1) is 63.3. The molecule has 0 saturated heterocycles. The predicted octanol–water partition coefficient (Wildman–Crippen LogP) is 11.5. The normalized spacial score (nSPS) is 12.5. The van der Waals surface area contributed by atoms with Gasteiger partial charge in [0.2, 0.25) is 23.3 Å². The summed E-state index contributed by atoms with van der Waals surface area (Å²) in [5.74, 6) is 1.61. The molecular weight excluding hydrogens is 1100 g/mol. The molecule has 2 aromatic carbocycles. The Kier molecular flexibility index (Phi) is 22.0. The Balaban J connectivity index is 0.000000245. The number of H-pyrrole nitrogens is 1. The summed E-state index contributed by atoms with van der Waals surface area (Å²) in [6, 6.07) is 19.1. The number of carbonyl (C=O) groups is 4. The summed E-state index contributed by atoms with van der Waals surface area (Å²) in [6.45, 7) is 19.2. The zero-order chi connectivity index (χ0) is 60.4. The molecule has 0 saturated carbocycles. The van der Waals surface area contributed by atoms with Crippen molar-refractivity contribution in [2.75, 3.05) is 47.3 Å². The predicted molar refractivity (Wildman–Crippen MR) is 315 cm³/mol. The van der Waals surface area contributed by atoms with Gasteiger partial charge in [0.1, 0.15) is 54.2 Å². The van der Waals surface area contributed by atoms with E-state index in [9.17, 15) is 19.2 Å². The molecule has 0 unspecified atom stereocenters. The molecule has 0 aliphatic heterocycles. The van der Waals surface area contributed by atoms with Gasteiger partial charge in [0.15, 0.2) is 0 Å². The fraction of sp³-hybridized carbons (Fsp3) is 0.433. The van der Waals surface area contributed by atoms with Crippen LogP contribution in [0.1, 0.15) is 112 Å². The molecule has 0 fully saturated rings. The van der Waals surface area contributed by atoms with Crippen LogP contribution in [0.2, 0.25) is 25.7 Å². The Morgan fingerprint density at radius 1 is 0.655 bits per heavy atom. The van der Waals surface area contributed by atoms with Gasteiger partial charge in [-0.15, -0.1) is 0 Å². The minimum absolute atomic E-state index is 0.0743. The number of carbonyl (C=O) groups excluding carboxylic acids is 4. The highest BCUT2D eigenvalue weighted by molar-refractivity contribution is 6.76. The van der Waals surface area contributed by atoms with Crippen LogP contribution >= 0.6 is 0 Å². The molecule has 3 N–H and O–H groups in total. The van der Waals surface area contributed by atoms with Crippen LogP contribution in [0.4, 0.5) is 9.59 Å². The van der Waals surface area contributed by atoms with Crippen molar-refractivity contribution in [2.24, 2.45) is 0 Å². The number of ether oxygens (including phenoxy) is 7. The van der Waals surface area contributed by atoms with Crippen LogP contribution in [0.15, 0.2) is 107 Å². The Morgan fingerprint density at radius 3 is 1.68 bits per heavy atom. The van der Waals surface area contributed by atoms with Gasteiger partial charge >= 0.3 is 12.2 Å². The van der Waals surface area contributed by atoms with Crippen molar-refractivity contribution in [3.8, 4) is 34.3 Å². The molecule has 23 nitrogen and oxygen atoms in total. The number of para-hydroxylation sites is 2. The second-order valence-electron chi connectivity index (χ2n) is 22.7. The van der Waals surface area contributed by atoms with Crippen LogP contribution in [0, 0.1) is 0 Å². The van der Waals surface area contributed by atoms with E-state index in [-0.39, 0.29) is 69.3 Å². The molecule has 0 aliphatic rings. The topological polar surface area (TPSA) is 281 Å². The number of ketones is 2. The van der Waals surface area contributed by atoms with Crippen molar-refractivity contribution in [3.63, 3.8) is 0 Å². The minimum atomic E-state index is -1.31. The van der Waals surface area contributed by atoms with E-state index in [1.165, 1.54) is 24.9 Å². The minimum Gasteiger partial charge on any atom is -0.480 e. The maximum Gasteiger partial charge on any atom is 0.408 e. The van der Waals surface area contributed by atoms with E-state index in [0.29, 0.717) is 59.8 Å². The van der Waals surface area contributed by atoms with Crippen LogP contribution < -0.4 is 20.1 Å². The number of imidazole rings is 2. The molecule has 0 bridgehead atoms. The number of hydrogen-bond donors (Lipinski definition) is 3. The summed E-state index contributed by atoms with van der Waals surface area (Å²) < 4.78 is 52.1. The van der Waals surface area contributed by atoms with Gasteiger partial charge in [0.05, 0.1) is 79.6 Å². The average molecular weight is 1170 g/mol. The van der Waals surface area contributed by atoms with E-state index in [1.54, 1.807) is 62.0 Å². The summed E-state index contributed by atoms with van der Waals surface area (Å²) in [7, 11) is 1.82. The smallest absolute Gasteiger partial charge is 0.408 e. The molecule has 8 aromatic rings. The number of pyridine rings is 2. The number of fused-ring (bicyclic) bond motifs is 2. The number of oxazole rings is 2. The van der Waals surface area contributed by atoms with Crippen molar-refractivity contribution in [3.05, 3.63) is 121 Å². The number of aromatic amines is 1. The summed E-state index contributed by atoms with van der Waals surface area (Å²) in [6.07, 6.45) is 9.25. The molecule has 0 spiro atoms. The zero-order valence-corrected chi connectivity index (χ0v) is 50.6. The van der Waals surface area contributed by atoms with Gasteiger partial charge in [0, 0.05) is 57.7 Å². The lowest BCUT2D eigenvalue weighted by Gasteiger charge is -2.24. The van der Waals surface area contributed by atoms with Gasteiger partial charge in [-0.2, -0.15) is 0 Å². The standard InChI is InChI=1S/C33H45N5O7Si.C27H31N5O6/c1-33(2,3)45-32(40)37-27(21-42-15-10-13-28(39)31-34-14-16-44-31)29-35-26(20-38(29)22-43-17-18-46(5,6)7)24-19-23-11-8-9-12-25(23)36-30(24)41-4;1-27(2,3)38-26(34)32-21(16-36-12-7-10-22(33)25-28-11-13-37-25)23-29-15-20(30-23)18-14-17-8-5-6-9-19(17)31-24(18)35-4/h8-9,11-12,14,16,19-20,27H,10,13,15,17-18,21-22H2,1-7H3,(H,37,40);5-6,8-9,11,13-15,21H,7,10,12,16H2,1-4H3,(H,29,30)(H,32,34)/t27-;21-/m00/s1. The third-order valence-electron chi connectivity index (χ3n) is 12.3. The number of alkyl carbamates (subject to hydrolysis) is 2. The monoisotopic (exact) mass is 1170 g/mol. The van der Waals surface area contributed by atoms with Crippen LogP contribution in [0.25, 0.3) is 44.3 Å². The van der Waals surface area contributed by atoms with Gasteiger partial charge in [-0.1, -0.05) is 56.0 Å². The number of methoxy groups -OCH3 is 2. The van der Waals surface area contributed by atoms with Crippen LogP contribution in [0.3, 0.4) is 0 Å². The quantitative estimate of drug-likeness (QED) is 0.0245. The fourth-order valence-corrected chi connectivity index (χ4v) is 9.05. The summed E-state index contributed by atoms with van der Waals surface area (Å²) in [5, 5.41) is 7.64. The van der Waals surface area contributed by atoms with Crippen LogP contribution in [-0.4, -0.2) is 130 Å². The third kappa shape index (κ3) is 19.1. The van der Waals surface area contributed by atoms with Gasteiger partial charge in [-0.25, -0.2) is 39.5 Å². The fourth-order valence-electron chi connectivity index (χ4n) is 8.29. The van der Waals surface area contributed by atoms with E-state index in [0.717, 1.165) is 33.4 Å². The highest BCUT2D eigenvalue weighted by Gasteiger charge is 2.28. The van der Waals surface area contributed by atoms with Crippen LogP contribution in [0.5, 0.6) is 11.8 Å². The van der Waals surface area contributed by atoms with Gasteiger partial charge < -0.3 is 62.2 Å². The van der Waals surface area contributed by atoms with Gasteiger partial charge in [0.25, 0.3) is 11.8 Å². The van der Waals surface area contributed by atoms with E-state index in [4.69, 9.17) is 52.0 Å². The van der Waals surface area contributed by atoms with Crippen LogP contribution in [-0.2, 0) is 30.4 Å². The Hall–Kier alpha value is -8.32. The van der Waals surface area contributed by atoms with Crippen molar-refractivity contribution in [1.82, 2.24) is 50.1 Å². The number of rotatable bonds is 27. The lowest BCUT2D eigenvalue weighted by atomic mass is 10.1. The van der Waals surface area contributed by atoms with E-state index in [2.05, 4.69) is 55.2 Å². The number of aromatic nitrogens is 8. The lowest BCUT2D eigenvalue weighted by molar-refractivity contribution is 0.0408. The maximum atomic E-state index is 13.0. The first-order valence-corrected chi connectivity index (χ1v) is 31.3. The molecule has 84 heavy (non-hydrogen) atoms. The van der Waals surface area contributed by atoms with Crippen molar-refractivity contribution < 1.29 is 61.2 Å². The Labute approximate surface area is 488 Å². The molecule has 448 valence electrons. The summed E-state index contributed by atoms with van der Waals surface area (Å²) in [4.78, 5) is 79.7. The van der Waals surface area contributed by atoms with Crippen molar-refractivity contribution in [2.45, 2.75) is 123 Å². The van der Waals surface area contributed by atoms with Crippen molar-refractivity contribution >= 4 is 53.6 Å². The number of amides is 2. The van der Waals surface area contributed by atoms with Gasteiger partial charge in [-0.3, -0.25) is 9.59 Å². The number of nitrogens with one attached hydrogen (secondary N) is 3. The number of benzene rings is 2. The largest absolute Gasteiger partial charge is 0.480 e. The highest BCUT2D eigenvalue weighted by atomic mass is 28.3. The Morgan fingerprint density at radius 2 is 1.17 bits per heavy atom. The molecule has 6 heterocycles. The summed E-state index contributed by atoms with van der Waals surface area (Å²) in [5.41, 5.74) is 2.93. The molecule has 2 atom stereocenters. The van der Waals surface area contributed by atoms with E-state index < -0.39 is 43.5 Å². The Bertz CT molecular complexity index is 3420. The molecule has 0 radical (unpaired) electrons. The van der Waals surface area contributed by atoms with E-state index >= 15 is 0 Å². The number of nitrogens with zero attached hydrogens (tertiary/aromatic N) is 7. The lowest BCUT2D eigenvalue weighted by Crippen LogP contribution is -2.38. The average Bonchev–Trinajstić information content (AvgIpc) is 2.94. The molecule has 0 aliphatic carbocycles.